The van der Waals surface area contributed by atoms with Crippen molar-refractivity contribution >= 4 is 17.2 Å². The monoisotopic (exact) mass is 366 g/mol. The molecule has 138 valence electrons. The van der Waals surface area contributed by atoms with Gasteiger partial charge in [-0.15, -0.1) is 0 Å². The van der Waals surface area contributed by atoms with Gasteiger partial charge in [0, 0.05) is 35.1 Å². The van der Waals surface area contributed by atoms with Gasteiger partial charge in [-0.2, -0.15) is 5.10 Å². The third-order valence-corrected chi connectivity index (χ3v) is 4.14. The van der Waals surface area contributed by atoms with E-state index in [1.165, 1.54) is 0 Å². The van der Waals surface area contributed by atoms with Gasteiger partial charge in [0.2, 0.25) is 5.75 Å². The van der Waals surface area contributed by atoms with Crippen molar-refractivity contribution in [3.05, 3.63) is 49.2 Å². The fourth-order valence-corrected chi connectivity index (χ4v) is 2.86. The van der Waals surface area contributed by atoms with E-state index in [0.29, 0.717) is 28.7 Å². The Morgan fingerprint density at radius 3 is 2.44 bits per heavy atom. The van der Waals surface area contributed by atoms with E-state index in [2.05, 4.69) is 15.4 Å². The molecule has 0 bridgehead atoms. The molecule has 0 saturated carbocycles. The van der Waals surface area contributed by atoms with Gasteiger partial charge in [0.25, 0.3) is 0 Å². The third kappa shape index (κ3) is 3.01. The molecular weight excluding hydrogens is 348 g/mol. The summed E-state index contributed by atoms with van der Waals surface area (Å²) < 4.78 is 23.0. The number of rotatable bonds is 6. The van der Waals surface area contributed by atoms with E-state index in [9.17, 15) is 0 Å². The first-order valence-electron chi connectivity index (χ1n) is 8.17. The van der Waals surface area contributed by atoms with Crippen molar-refractivity contribution in [3.63, 3.8) is 0 Å². The van der Waals surface area contributed by atoms with Gasteiger partial charge >= 0.3 is 0 Å². The van der Waals surface area contributed by atoms with Crippen LogP contribution in [0, 0.1) is 0 Å². The minimum atomic E-state index is 0.534. The standard InChI is InChI=1S/C19H18N4O4/c1-24-15-8-13(9-16(25-2)18(15)26-3)21-17-4-6-23-19(22-17)14(10-20-23)12-5-7-27-11-12/h4-11H,1-3H3,(H,21,22). The van der Waals surface area contributed by atoms with Crippen LogP contribution in [0.25, 0.3) is 16.8 Å². The first-order valence-corrected chi connectivity index (χ1v) is 8.17. The van der Waals surface area contributed by atoms with Crippen molar-refractivity contribution in [3.8, 4) is 28.4 Å². The number of nitrogens with zero attached hydrogens (tertiary/aromatic N) is 3. The van der Waals surface area contributed by atoms with Gasteiger partial charge in [0.15, 0.2) is 17.1 Å². The lowest BCUT2D eigenvalue weighted by molar-refractivity contribution is 0.324. The number of furan rings is 1. The van der Waals surface area contributed by atoms with Crippen molar-refractivity contribution in [2.24, 2.45) is 0 Å². The molecule has 1 N–H and O–H groups in total. The van der Waals surface area contributed by atoms with Crippen molar-refractivity contribution in [2.75, 3.05) is 26.6 Å². The molecule has 0 saturated heterocycles. The topological polar surface area (TPSA) is 83.1 Å². The highest BCUT2D eigenvalue weighted by Crippen LogP contribution is 2.40. The van der Waals surface area contributed by atoms with Crippen LogP contribution in [0.3, 0.4) is 0 Å². The maximum Gasteiger partial charge on any atom is 0.203 e. The van der Waals surface area contributed by atoms with E-state index in [1.807, 2.05) is 30.5 Å². The summed E-state index contributed by atoms with van der Waals surface area (Å²) in [5.41, 5.74) is 3.28. The average Bonchev–Trinajstić information content (AvgIpc) is 3.36. The maximum absolute atomic E-state index is 5.39. The van der Waals surface area contributed by atoms with E-state index < -0.39 is 0 Å². The molecule has 0 fully saturated rings. The SMILES string of the molecule is COc1cc(Nc2ccn3ncc(-c4ccoc4)c3n2)cc(OC)c1OC. The van der Waals surface area contributed by atoms with Crippen LogP contribution < -0.4 is 19.5 Å². The van der Waals surface area contributed by atoms with Crippen LogP contribution in [0.1, 0.15) is 0 Å². The zero-order chi connectivity index (χ0) is 18.8. The lowest BCUT2D eigenvalue weighted by atomic mass is 10.2. The van der Waals surface area contributed by atoms with Gasteiger partial charge in [-0.1, -0.05) is 0 Å². The average molecular weight is 366 g/mol. The molecular formula is C19H18N4O4. The minimum absolute atomic E-state index is 0.534. The molecule has 0 radical (unpaired) electrons. The van der Waals surface area contributed by atoms with Crippen LogP contribution >= 0.6 is 0 Å². The highest BCUT2D eigenvalue weighted by atomic mass is 16.5. The molecule has 0 amide bonds. The summed E-state index contributed by atoms with van der Waals surface area (Å²) in [6.45, 7) is 0. The molecule has 0 aliphatic rings. The largest absolute Gasteiger partial charge is 0.493 e. The summed E-state index contributed by atoms with van der Waals surface area (Å²) in [4.78, 5) is 4.67. The molecule has 3 heterocycles. The van der Waals surface area contributed by atoms with Gasteiger partial charge in [-0.3, -0.25) is 0 Å². The summed E-state index contributed by atoms with van der Waals surface area (Å²) in [6, 6.07) is 7.35. The minimum Gasteiger partial charge on any atom is -0.493 e. The van der Waals surface area contributed by atoms with E-state index in [4.69, 9.17) is 18.6 Å². The first kappa shape index (κ1) is 16.8. The highest BCUT2D eigenvalue weighted by Gasteiger charge is 2.14. The predicted molar refractivity (Wildman–Crippen MR) is 100 cm³/mol. The number of hydrogen-bond donors (Lipinski definition) is 1. The zero-order valence-corrected chi connectivity index (χ0v) is 15.1. The van der Waals surface area contributed by atoms with Crippen molar-refractivity contribution in [1.29, 1.82) is 0 Å². The van der Waals surface area contributed by atoms with Crippen LogP contribution in [-0.4, -0.2) is 35.9 Å². The Bertz CT molecular complexity index is 1050. The number of aromatic nitrogens is 3. The zero-order valence-electron chi connectivity index (χ0n) is 15.1. The second-order valence-electron chi connectivity index (χ2n) is 5.69. The molecule has 27 heavy (non-hydrogen) atoms. The number of methoxy groups -OCH3 is 3. The van der Waals surface area contributed by atoms with E-state index in [1.54, 1.807) is 44.6 Å². The van der Waals surface area contributed by atoms with Gasteiger partial charge in [0.05, 0.1) is 40.1 Å². The van der Waals surface area contributed by atoms with Crippen LogP contribution in [0.15, 0.2) is 53.6 Å². The number of fused-ring (bicyclic) bond motifs is 1. The number of anilines is 2. The second-order valence-corrected chi connectivity index (χ2v) is 5.69. The fraction of sp³-hybridized carbons (Fsp3) is 0.158. The first-order chi connectivity index (χ1) is 13.2. The number of benzene rings is 1. The van der Waals surface area contributed by atoms with Crippen LogP contribution in [0.4, 0.5) is 11.5 Å². The molecule has 8 nitrogen and oxygen atoms in total. The summed E-state index contributed by atoms with van der Waals surface area (Å²) in [7, 11) is 4.73. The molecule has 3 aromatic heterocycles. The Balaban J connectivity index is 1.72. The molecule has 0 aliphatic heterocycles. The second kappa shape index (κ2) is 6.91. The number of hydrogen-bond acceptors (Lipinski definition) is 7. The maximum atomic E-state index is 5.39. The van der Waals surface area contributed by atoms with Gasteiger partial charge in [-0.25, -0.2) is 9.50 Å². The Labute approximate surface area is 155 Å². The summed E-state index contributed by atoms with van der Waals surface area (Å²) in [6.07, 6.45) is 6.89. The van der Waals surface area contributed by atoms with Crippen molar-refractivity contribution in [1.82, 2.24) is 14.6 Å². The smallest absolute Gasteiger partial charge is 0.203 e. The molecule has 0 spiro atoms. The lowest BCUT2D eigenvalue weighted by Crippen LogP contribution is -2.00. The van der Waals surface area contributed by atoms with Gasteiger partial charge in [-0.05, 0) is 12.1 Å². The molecule has 0 aliphatic carbocycles. The molecule has 8 heteroatoms. The molecule has 1 aromatic carbocycles. The third-order valence-electron chi connectivity index (χ3n) is 4.14. The van der Waals surface area contributed by atoms with Crippen LogP contribution in [-0.2, 0) is 0 Å². The fourth-order valence-electron chi connectivity index (χ4n) is 2.86. The van der Waals surface area contributed by atoms with Crippen LogP contribution in [0.5, 0.6) is 17.2 Å². The Morgan fingerprint density at radius 2 is 1.81 bits per heavy atom. The number of ether oxygens (including phenoxy) is 3. The highest BCUT2D eigenvalue weighted by molar-refractivity contribution is 5.77. The predicted octanol–water partition coefficient (Wildman–Crippen LogP) is 3.76. The molecule has 0 atom stereocenters. The van der Waals surface area contributed by atoms with E-state index in [-0.39, 0.29) is 0 Å². The normalized spacial score (nSPS) is 10.8. The molecule has 0 unspecified atom stereocenters. The lowest BCUT2D eigenvalue weighted by Gasteiger charge is -2.15. The van der Waals surface area contributed by atoms with E-state index in [0.717, 1.165) is 16.8 Å². The van der Waals surface area contributed by atoms with Crippen molar-refractivity contribution in [2.45, 2.75) is 0 Å². The summed E-state index contributed by atoms with van der Waals surface area (Å²) in [5.74, 6) is 2.31. The Morgan fingerprint density at radius 1 is 1.04 bits per heavy atom. The number of nitrogens with one attached hydrogen (secondary N) is 1. The van der Waals surface area contributed by atoms with Gasteiger partial charge in [0.1, 0.15) is 5.82 Å². The quantitative estimate of drug-likeness (QED) is 0.556. The Hall–Kier alpha value is -3.68. The summed E-state index contributed by atoms with van der Waals surface area (Å²) >= 11 is 0. The molecule has 4 rings (SSSR count). The van der Waals surface area contributed by atoms with Gasteiger partial charge < -0.3 is 23.9 Å². The Kier molecular flexibility index (Phi) is 4.29. The van der Waals surface area contributed by atoms with E-state index >= 15 is 0 Å². The van der Waals surface area contributed by atoms with Crippen molar-refractivity contribution < 1.29 is 18.6 Å². The van der Waals surface area contributed by atoms with Crippen LogP contribution in [0.2, 0.25) is 0 Å². The summed E-state index contributed by atoms with van der Waals surface area (Å²) in [5, 5.41) is 7.60. The molecule has 4 aromatic rings.